The van der Waals surface area contributed by atoms with Crippen LogP contribution in [0, 0.1) is 17.2 Å². The smallest absolute Gasteiger partial charge is 0.0991 e. The zero-order chi connectivity index (χ0) is 13.2. The van der Waals surface area contributed by atoms with Crippen LogP contribution in [0.2, 0.25) is 0 Å². The second-order valence-electron chi connectivity index (χ2n) is 4.81. The third-order valence-corrected chi connectivity index (χ3v) is 3.78. The Kier molecular flexibility index (Phi) is 3.26. The summed E-state index contributed by atoms with van der Waals surface area (Å²) < 4.78 is 3.00. The number of halogens is 1. The molecule has 0 aliphatic carbocycles. The summed E-state index contributed by atoms with van der Waals surface area (Å²) in [6.45, 7) is 3.05. The predicted molar refractivity (Wildman–Crippen MR) is 76.8 cm³/mol. The van der Waals surface area contributed by atoms with Crippen LogP contribution in [0.25, 0.3) is 0 Å². The number of hydrogen-bond acceptors (Lipinski definition) is 3. The molecular formula is C14H13BrN4. The number of hydrogen-bond donors (Lipinski definition) is 0. The molecule has 5 heteroatoms. The highest BCUT2D eigenvalue weighted by Gasteiger charge is 2.27. The molecule has 1 aliphatic heterocycles. The zero-order valence-electron chi connectivity index (χ0n) is 10.3. The Morgan fingerprint density at radius 2 is 2.05 bits per heavy atom. The van der Waals surface area contributed by atoms with Crippen LogP contribution in [-0.2, 0) is 6.54 Å². The van der Waals surface area contributed by atoms with E-state index in [-0.39, 0.29) is 0 Å². The second-order valence-corrected chi connectivity index (χ2v) is 5.73. The Hall–Kier alpha value is -1.80. The number of anilines is 1. The van der Waals surface area contributed by atoms with E-state index in [1.807, 2.05) is 41.3 Å². The van der Waals surface area contributed by atoms with Crippen LogP contribution in [-0.4, -0.2) is 22.9 Å². The summed E-state index contributed by atoms with van der Waals surface area (Å²) in [7, 11) is 0. The molecule has 0 bridgehead atoms. The molecule has 2 heterocycles. The summed E-state index contributed by atoms with van der Waals surface area (Å²) in [5.41, 5.74) is 1.90. The molecule has 1 aliphatic rings. The van der Waals surface area contributed by atoms with E-state index in [2.05, 4.69) is 32.0 Å². The first-order valence-corrected chi connectivity index (χ1v) is 6.97. The molecule has 3 rings (SSSR count). The van der Waals surface area contributed by atoms with Crippen molar-refractivity contribution in [2.24, 2.45) is 5.92 Å². The van der Waals surface area contributed by atoms with Crippen LogP contribution in [0.1, 0.15) is 5.56 Å². The largest absolute Gasteiger partial charge is 0.371 e. The number of aromatic nitrogens is 2. The molecule has 0 atom stereocenters. The average molecular weight is 317 g/mol. The van der Waals surface area contributed by atoms with Crippen molar-refractivity contribution in [2.75, 3.05) is 18.0 Å². The van der Waals surface area contributed by atoms with Gasteiger partial charge >= 0.3 is 0 Å². The molecule has 0 radical (unpaired) electrons. The Bertz CT molecular complexity index is 605. The third kappa shape index (κ3) is 2.64. The van der Waals surface area contributed by atoms with Crippen molar-refractivity contribution in [3.63, 3.8) is 0 Å². The summed E-state index contributed by atoms with van der Waals surface area (Å²) in [5, 5.41) is 13.0. The van der Waals surface area contributed by atoms with Crippen molar-refractivity contribution in [1.82, 2.24) is 9.78 Å². The van der Waals surface area contributed by atoms with Crippen molar-refractivity contribution in [2.45, 2.75) is 6.54 Å². The van der Waals surface area contributed by atoms with Gasteiger partial charge in [0.25, 0.3) is 0 Å². The van der Waals surface area contributed by atoms with Crippen LogP contribution in [0.4, 0.5) is 5.69 Å². The van der Waals surface area contributed by atoms with Gasteiger partial charge in [0.1, 0.15) is 0 Å². The van der Waals surface area contributed by atoms with Gasteiger partial charge in [-0.25, -0.2) is 0 Å². The standard InChI is InChI=1S/C14H13BrN4/c15-13-6-17-19(10-13)9-12-7-18(8-12)14-3-1-11(5-16)2-4-14/h1-4,6,10,12H,7-9H2. The first kappa shape index (κ1) is 12.2. The fraction of sp³-hybridized carbons (Fsp3) is 0.286. The molecule has 1 aromatic carbocycles. The van der Waals surface area contributed by atoms with Gasteiger partial charge in [0.2, 0.25) is 0 Å². The van der Waals surface area contributed by atoms with Crippen LogP contribution < -0.4 is 4.90 Å². The van der Waals surface area contributed by atoms with Crippen LogP contribution >= 0.6 is 15.9 Å². The van der Waals surface area contributed by atoms with E-state index in [0.29, 0.717) is 11.5 Å². The summed E-state index contributed by atoms with van der Waals surface area (Å²) in [4.78, 5) is 2.32. The number of nitriles is 1. The summed E-state index contributed by atoms with van der Waals surface area (Å²) >= 11 is 3.40. The lowest BCUT2D eigenvalue weighted by atomic mass is 9.99. The Morgan fingerprint density at radius 1 is 1.32 bits per heavy atom. The minimum Gasteiger partial charge on any atom is -0.371 e. The zero-order valence-corrected chi connectivity index (χ0v) is 11.9. The Morgan fingerprint density at radius 3 is 2.63 bits per heavy atom. The minimum atomic E-state index is 0.641. The highest BCUT2D eigenvalue weighted by atomic mass is 79.9. The normalized spacial score (nSPS) is 15.1. The fourth-order valence-electron chi connectivity index (χ4n) is 2.35. The fourth-order valence-corrected chi connectivity index (χ4v) is 2.67. The third-order valence-electron chi connectivity index (χ3n) is 3.37. The van der Waals surface area contributed by atoms with Crippen molar-refractivity contribution < 1.29 is 0 Å². The summed E-state index contributed by atoms with van der Waals surface area (Å²) in [5.74, 6) is 0.641. The lowest BCUT2D eigenvalue weighted by Gasteiger charge is -2.41. The maximum atomic E-state index is 8.77. The lowest BCUT2D eigenvalue weighted by Crippen LogP contribution is -2.48. The highest BCUT2D eigenvalue weighted by molar-refractivity contribution is 9.10. The van der Waals surface area contributed by atoms with Crippen molar-refractivity contribution in [3.8, 4) is 6.07 Å². The molecule has 0 saturated carbocycles. The molecule has 0 N–H and O–H groups in total. The van der Waals surface area contributed by atoms with E-state index in [1.54, 1.807) is 0 Å². The van der Waals surface area contributed by atoms with Gasteiger partial charge < -0.3 is 4.90 Å². The SMILES string of the molecule is N#Cc1ccc(N2CC(Cn3cc(Br)cn3)C2)cc1. The van der Waals surface area contributed by atoms with Crippen LogP contribution in [0.15, 0.2) is 41.1 Å². The average Bonchev–Trinajstić information content (AvgIpc) is 2.79. The summed E-state index contributed by atoms with van der Waals surface area (Å²) in [6.07, 6.45) is 3.82. The van der Waals surface area contributed by atoms with Gasteiger partial charge in [0, 0.05) is 37.4 Å². The first-order chi connectivity index (χ1) is 9.24. The van der Waals surface area contributed by atoms with E-state index < -0.39 is 0 Å². The van der Waals surface area contributed by atoms with Gasteiger partial charge in [-0.05, 0) is 40.2 Å². The number of benzene rings is 1. The lowest BCUT2D eigenvalue weighted by molar-refractivity contribution is 0.342. The monoisotopic (exact) mass is 316 g/mol. The van der Waals surface area contributed by atoms with Gasteiger partial charge in [-0.2, -0.15) is 10.4 Å². The Labute approximate surface area is 120 Å². The molecule has 1 saturated heterocycles. The quantitative estimate of drug-likeness (QED) is 0.874. The van der Waals surface area contributed by atoms with Crippen LogP contribution in [0.5, 0.6) is 0 Å². The van der Waals surface area contributed by atoms with Gasteiger partial charge in [0.05, 0.1) is 22.3 Å². The molecule has 0 unspecified atom stereocenters. The van der Waals surface area contributed by atoms with E-state index >= 15 is 0 Å². The molecule has 1 fully saturated rings. The van der Waals surface area contributed by atoms with E-state index in [1.165, 1.54) is 5.69 Å². The maximum absolute atomic E-state index is 8.77. The molecule has 0 spiro atoms. The van der Waals surface area contributed by atoms with Crippen molar-refractivity contribution in [3.05, 3.63) is 46.7 Å². The topological polar surface area (TPSA) is 44.9 Å². The van der Waals surface area contributed by atoms with Gasteiger partial charge in [0.15, 0.2) is 0 Å². The number of rotatable bonds is 3. The van der Waals surface area contributed by atoms with E-state index in [4.69, 9.17) is 5.26 Å². The van der Waals surface area contributed by atoms with Gasteiger partial charge in [-0.15, -0.1) is 0 Å². The molecule has 19 heavy (non-hydrogen) atoms. The minimum absolute atomic E-state index is 0.641. The second kappa shape index (κ2) is 5.06. The van der Waals surface area contributed by atoms with E-state index in [0.717, 1.165) is 24.1 Å². The molecule has 96 valence electrons. The summed E-state index contributed by atoms with van der Waals surface area (Å²) in [6, 6.07) is 9.90. The molecular weight excluding hydrogens is 304 g/mol. The predicted octanol–water partition coefficient (Wildman–Crippen LogP) is 2.65. The van der Waals surface area contributed by atoms with Crippen LogP contribution in [0.3, 0.4) is 0 Å². The van der Waals surface area contributed by atoms with Gasteiger partial charge in [-0.3, -0.25) is 4.68 Å². The van der Waals surface area contributed by atoms with Crippen molar-refractivity contribution >= 4 is 21.6 Å². The maximum Gasteiger partial charge on any atom is 0.0991 e. The van der Waals surface area contributed by atoms with Crippen molar-refractivity contribution in [1.29, 1.82) is 5.26 Å². The molecule has 1 aromatic heterocycles. The number of nitrogens with zero attached hydrogens (tertiary/aromatic N) is 4. The molecule has 4 nitrogen and oxygen atoms in total. The first-order valence-electron chi connectivity index (χ1n) is 6.17. The molecule has 0 amide bonds. The Balaban J connectivity index is 1.56. The van der Waals surface area contributed by atoms with E-state index in [9.17, 15) is 0 Å². The highest BCUT2D eigenvalue weighted by Crippen LogP contribution is 2.25. The molecule has 2 aromatic rings. The van der Waals surface area contributed by atoms with Gasteiger partial charge in [-0.1, -0.05) is 0 Å².